The smallest absolute Gasteiger partial charge is 0.317 e. The Balaban J connectivity index is 2.02. The Labute approximate surface area is 160 Å². The summed E-state index contributed by atoms with van der Waals surface area (Å²) in [5.41, 5.74) is 1.68. The van der Waals surface area contributed by atoms with Gasteiger partial charge in [-0.05, 0) is 25.1 Å². The summed E-state index contributed by atoms with van der Waals surface area (Å²) in [6, 6.07) is 15.3. The zero-order valence-electron chi connectivity index (χ0n) is 15.2. The zero-order chi connectivity index (χ0) is 19.8. The van der Waals surface area contributed by atoms with Gasteiger partial charge in [0, 0.05) is 12.6 Å². The molecule has 0 spiro atoms. The Morgan fingerprint density at radius 3 is 2.50 bits per heavy atom. The van der Waals surface area contributed by atoms with Crippen LogP contribution in [0.4, 0.5) is 4.39 Å². The minimum absolute atomic E-state index is 0.0390. The van der Waals surface area contributed by atoms with E-state index in [0.29, 0.717) is 17.1 Å². The Morgan fingerprint density at radius 1 is 1.18 bits per heavy atom. The molecule has 142 valence electrons. The van der Waals surface area contributed by atoms with E-state index in [-0.39, 0.29) is 17.1 Å². The molecule has 1 aromatic heterocycles. The minimum Gasteiger partial charge on any atom is -0.416 e. The van der Waals surface area contributed by atoms with E-state index >= 15 is 0 Å². The predicted octanol–water partition coefficient (Wildman–Crippen LogP) is 3.51. The standard InChI is InChI=1S/C20H17FN4O3/c1-12-16-17(14-10-6-7-11-15(14)21)18(25(26)27)19(22-2)28-20(16)24(23-12)13-8-4-3-5-9-13/h3-11,17,22H,1-2H3. The maximum absolute atomic E-state index is 14.7. The Morgan fingerprint density at radius 2 is 1.86 bits per heavy atom. The van der Waals surface area contributed by atoms with Crippen LogP contribution in [-0.2, 0) is 0 Å². The topological polar surface area (TPSA) is 82.2 Å². The second-order valence-corrected chi connectivity index (χ2v) is 6.33. The second-order valence-electron chi connectivity index (χ2n) is 6.33. The van der Waals surface area contributed by atoms with Crippen molar-refractivity contribution in [2.75, 3.05) is 7.05 Å². The number of benzene rings is 2. The Hall–Kier alpha value is -3.68. The lowest BCUT2D eigenvalue weighted by atomic mass is 9.87. The molecule has 28 heavy (non-hydrogen) atoms. The van der Waals surface area contributed by atoms with E-state index in [0.717, 1.165) is 5.69 Å². The summed E-state index contributed by atoms with van der Waals surface area (Å²) in [6.07, 6.45) is 0. The molecular formula is C20H17FN4O3. The highest BCUT2D eigenvalue weighted by molar-refractivity contribution is 5.53. The SMILES string of the molecule is CNC1=C([N+](=O)[O-])C(c2ccccc2F)c2c(C)nn(-c3ccccc3)c2O1. The first kappa shape index (κ1) is 17.7. The summed E-state index contributed by atoms with van der Waals surface area (Å²) in [7, 11) is 1.53. The van der Waals surface area contributed by atoms with Gasteiger partial charge in [0.1, 0.15) is 11.7 Å². The molecule has 2 heterocycles. The number of aromatic nitrogens is 2. The molecule has 0 saturated carbocycles. The van der Waals surface area contributed by atoms with Crippen molar-refractivity contribution in [3.63, 3.8) is 0 Å². The van der Waals surface area contributed by atoms with Crippen LogP contribution < -0.4 is 10.1 Å². The summed E-state index contributed by atoms with van der Waals surface area (Å²) >= 11 is 0. The maximum Gasteiger partial charge on any atom is 0.317 e. The van der Waals surface area contributed by atoms with Crippen molar-refractivity contribution < 1.29 is 14.1 Å². The number of para-hydroxylation sites is 1. The van der Waals surface area contributed by atoms with Gasteiger partial charge in [-0.25, -0.2) is 9.07 Å². The molecule has 0 radical (unpaired) electrons. The Bertz CT molecular complexity index is 1090. The van der Waals surface area contributed by atoms with E-state index in [1.165, 1.54) is 13.1 Å². The van der Waals surface area contributed by atoms with Crippen molar-refractivity contribution >= 4 is 0 Å². The summed E-state index contributed by atoms with van der Waals surface area (Å²) < 4.78 is 22.1. The van der Waals surface area contributed by atoms with Crippen LogP contribution in [0.1, 0.15) is 22.7 Å². The molecular weight excluding hydrogens is 363 g/mol. The number of halogens is 1. The summed E-state index contributed by atoms with van der Waals surface area (Å²) in [5.74, 6) is -1.20. The number of rotatable bonds is 4. The lowest BCUT2D eigenvalue weighted by Gasteiger charge is -2.24. The molecule has 1 atom stereocenters. The normalized spacial score (nSPS) is 15.8. The minimum atomic E-state index is -0.958. The van der Waals surface area contributed by atoms with Crippen LogP contribution in [0, 0.1) is 22.9 Å². The number of hydrogen-bond donors (Lipinski definition) is 1. The fourth-order valence-corrected chi connectivity index (χ4v) is 3.49. The molecule has 7 nitrogen and oxygen atoms in total. The number of hydrogen-bond acceptors (Lipinski definition) is 5. The fourth-order valence-electron chi connectivity index (χ4n) is 3.49. The number of aryl methyl sites for hydroxylation is 1. The van der Waals surface area contributed by atoms with Crippen LogP contribution in [0.25, 0.3) is 5.69 Å². The molecule has 0 bridgehead atoms. The average molecular weight is 380 g/mol. The molecule has 8 heteroatoms. The van der Waals surface area contributed by atoms with Crippen LogP contribution in [0.2, 0.25) is 0 Å². The quantitative estimate of drug-likeness (QED) is 0.553. The van der Waals surface area contributed by atoms with E-state index in [1.54, 1.807) is 29.8 Å². The van der Waals surface area contributed by atoms with Crippen molar-refractivity contribution in [1.29, 1.82) is 0 Å². The highest BCUT2D eigenvalue weighted by Gasteiger charge is 2.44. The van der Waals surface area contributed by atoms with Crippen molar-refractivity contribution in [3.05, 3.63) is 98.9 Å². The van der Waals surface area contributed by atoms with Gasteiger partial charge in [0.05, 0.1) is 21.9 Å². The molecule has 1 aliphatic rings. The Kier molecular flexibility index (Phi) is 4.31. The van der Waals surface area contributed by atoms with Gasteiger partial charge in [0.15, 0.2) is 0 Å². The van der Waals surface area contributed by atoms with Gasteiger partial charge in [-0.2, -0.15) is 5.10 Å². The third kappa shape index (κ3) is 2.70. The summed E-state index contributed by atoms with van der Waals surface area (Å²) in [4.78, 5) is 11.4. The highest BCUT2D eigenvalue weighted by Crippen LogP contribution is 2.45. The lowest BCUT2D eigenvalue weighted by molar-refractivity contribution is -0.433. The first-order valence-corrected chi connectivity index (χ1v) is 8.66. The molecule has 1 aliphatic heterocycles. The molecule has 1 unspecified atom stereocenters. The number of nitrogens with one attached hydrogen (secondary N) is 1. The van der Waals surface area contributed by atoms with Crippen LogP contribution in [0.3, 0.4) is 0 Å². The number of ether oxygens (including phenoxy) is 1. The number of fused-ring (bicyclic) bond motifs is 1. The molecule has 0 saturated heterocycles. The molecule has 0 fully saturated rings. The number of allylic oxidation sites excluding steroid dienone is 1. The van der Waals surface area contributed by atoms with E-state index in [1.807, 2.05) is 30.3 Å². The van der Waals surface area contributed by atoms with E-state index in [2.05, 4.69) is 10.4 Å². The third-order valence-electron chi connectivity index (χ3n) is 4.70. The van der Waals surface area contributed by atoms with Crippen LogP contribution in [-0.4, -0.2) is 21.8 Å². The number of nitro groups is 1. The summed E-state index contributed by atoms with van der Waals surface area (Å²) in [5, 5.41) is 19.2. The van der Waals surface area contributed by atoms with Gasteiger partial charge in [-0.1, -0.05) is 36.4 Å². The number of nitrogens with zero attached hydrogens (tertiary/aromatic N) is 3. The van der Waals surface area contributed by atoms with Crippen molar-refractivity contribution in [2.24, 2.45) is 0 Å². The third-order valence-corrected chi connectivity index (χ3v) is 4.70. The van der Waals surface area contributed by atoms with Crippen LogP contribution in [0.15, 0.2) is 66.2 Å². The molecule has 0 amide bonds. The van der Waals surface area contributed by atoms with Crippen LogP contribution >= 0.6 is 0 Å². The van der Waals surface area contributed by atoms with Gasteiger partial charge in [-0.15, -0.1) is 0 Å². The molecule has 1 N–H and O–H groups in total. The first-order valence-electron chi connectivity index (χ1n) is 8.66. The molecule has 2 aromatic carbocycles. The van der Waals surface area contributed by atoms with Gasteiger partial charge in [-0.3, -0.25) is 10.1 Å². The zero-order valence-corrected chi connectivity index (χ0v) is 15.2. The highest BCUT2D eigenvalue weighted by atomic mass is 19.1. The largest absolute Gasteiger partial charge is 0.416 e. The molecule has 0 aliphatic carbocycles. The lowest BCUT2D eigenvalue weighted by Crippen LogP contribution is -2.28. The van der Waals surface area contributed by atoms with Gasteiger partial charge < -0.3 is 10.1 Å². The summed E-state index contributed by atoms with van der Waals surface area (Å²) in [6.45, 7) is 1.73. The molecule has 3 aromatic rings. The van der Waals surface area contributed by atoms with E-state index in [4.69, 9.17) is 4.74 Å². The first-order chi connectivity index (χ1) is 13.5. The van der Waals surface area contributed by atoms with Gasteiger partial charge >= 0.3 is 5.70 Å². The average Bonchev–Trinajstić information content (AvgIpc) is 3.04. The van der Waals surface area contributed by atoms with Crippen molar-refractivity contribution in [3.8, 4) is 11.6 Å². The predicted molar refractivity (Wildman–Crippen MR) is 100 cm³/mol. The van der Waals surface area contributed by atoms with Crippen molar-refractivity contribution in [1.82, 2.24) is 15.1 Å². The monoisotopic (exact) mass is 380 g/mol. The van der Waals surface area contributed by atoms with E-state index < -0.39 is 16.7 Å². The van der Waals surface area contributed by atoms with Crippen LogP contribution in [0.5, 0.6) is 5.88 Å². The molecule has 4 rings (SSSR count). The van der Waals surface area contributed by atoms with Gasteiger partial charge in [0.25, 0.3) is 5.88 Å². The van der Waals surface area contributed by atoms with Gasteiger partial charge in [0.2, 0.25) is 5.88 Å². The second kappa shape index (κ2) is 6.80. The van der Waals surface area contributed by atoms with Crippen molar-refractivity contribution in [2.45, 2.75) is 12.8 Å². The fraction of sp³-hybridized carbons (Fsp3) is 0.150. The maximum atomic E-state index is 14.7. The van der Waals surface area contributed by atoms with E-state index in [9.17, 15) is 14.5 Å².